The summed E-state index contributed by atoms with van der Waals surface area (Å²) in [5.74, 6) is 0. The van der Waals surface area contributed by atoms with Crippen LogP contribution in [0.1, 0.15) is 12.0 Å². The van der Waals surface area contributed by atoms with E-state index in [1.165, 1.54) is 18.2 Å². The van der Waals surface area contributed by atoms with Crippen molar-refractivity contribution in [3.8, 4) is 6.07 Å². The Bertz CT molecular complexity index is 594. The summed E-state index contributed by atoms with van der Waals surface area (Å²) in [6, 6.07) is 5.55. The second-order valence-corrected chi connectivity index (χ2v) is 6.00. The van der Waals surface area contributed by atoms with Gasteiger partial charge in [-0.15, -0.1) is 0 Å². The smallest absolute Gasteiger partial charge is 0.242 e. The molecule has 0 bridgehead atoms. The molecule has 1 aliphatic rings. The van der Waals surface area contributed by atoms with Crippen LogP contribution in [-0.2, 0) is 10.0 Å². The molecular weight excluding hydrogens is 262 g/mol. The first-order valence-corrected chi connectivity index (χ1v) is 6.78. The normalized spacial score (nSPS) is 23.1. The van der Waals surface area contributed by atoms with Crippen LogP contribution in [0.15, 0.2) is 23.1 Å². The number of sulfonamides is 1. The van der Waals surface area contributed by atoms with E-state index in [9.17, 15) is 8.42 Å². The number of halogens is 1. The van der Waals surface area contributed by atoms with Crippen molar-refractivity contribution >= 4 is 21.6 Å². The molecule has 0 saturated heterocycles. The number of nitrogens with two attached hydrogens (primary N) is 1. The molecule has 2 atom stereocenters. The summed E-state index contributed by atoms with van der Waals surface area (Å²) in [6.07, 6.45) is 0.613. The van der Waals surface area contributed by atoms with Gasteiger partial charge in [0.05, 0.1) is 5.56 Å². The molecule has 0 radical (unpaired) electrons. The lowest BCUT2D eigenvalue weighted by Gasteiger charge is -2.07. The first kappa shape index (κ1) is 12.3. The number of hydrogen-bond acceptors (Lipinski definition) is 4. The lowest BCUT2D eigenvalue weighted by molar-refractivity contribution is 0.579. The standard InChI is InChI=1S/C10H10ClN3O2S/c11-7-2-1-6(5-12)10(3-7)17(15,16)14-9-4-8(9)13/h1-3,8-9,14H,4,13H2. The molecule has 7 heteroatoms. The van der Waals surface area contributed by atoms with Crippen molar-refractivity contribution in [2.24, 2.45) is 5.73 Å². The highest BCUT2D eigenvalue weighted by atomic mass is 35.5. The Balaban J connectivity index is 2.38. The van der Waals surface area contributed by atoms with Gasteiger partial charge in [-0.05, 0) is 24.6 Å². The van der Waals surface area contributed by atoms with Gasteiger partial charge < -0.3 is 5.73 Å². The van der Waals surface area contributed by atoms with E-state index in [1.54, 1.807) is 0 Å². The molecule has 0 aromatic heterocycles. The summed E-state index contributed by atoms with van der Waals surface area (Å²) >= 11 is 5.73. The first-order valence-electron chi connectivity index (χ1n) is 4.91. The Kier molecular flexibility index (Phi) is 3.10. The Morgan fingerprint density at radius 1 is 1.53 bits per heavy atom. The van der Waals surface area contributed by atoms with Gasteiger partial charge >= 0.3 is 0 Å². The molecule has 1 aliphatic carbocycles. The summed E-state index contributed by atoms with van der Waals surface area (Å²) in [5, 5.41) is 9.13. The molecule has 3 N–H and O–H groups in total. The molecule has 17 heavy (non-hydrogen) atoms. The number of rotatable bonds is 3. The second-order valence-electron chi connectivity index (χ2n) is 3.88. The first-order chi connectivity index (χ1) is 7.94. The topological polar surface area (TPSA) is 96.0 Å². The van der Waals surface area contributed by atoms with E-state index in [0.29, 0.717) is 6.42 Å². The fourth-order valence-corrected chi connectivity index (χ4v) is 3.14. The molecule has 0 amide bonds. The van der Waals surface area contributed by atoms with Gasteiger partial charge in [0.25, 0.3) is 0 Å². The van der Waals surface area contributed by atoms with Crippen LogP contribution in [-0.4, -0.2) is 20.5 Å². The van der Waals surface area contributed by atoms with E-state index in [1.807, 2.05) is 6.07 Å². The fraction of sp³-hybridized carbons (Fsp3) is 0.300. The number of nitriles is 1. The molecule has 90 valence electrons. The van der Waals surface area contributed by atoms with Gasteiger partial charge in [0.1, 0.15) is 11.0 Å². The van der Waals surface area contributed by atoms with Crippen molar-refractivity contribution in [1.29, 1.82) is 5.26 Å². The molecular formula is C10H10ClN3O2S. The minimum Gasteiger partial charge on any atom is -0.326 e. The molecule has 0 heterocycles. The van der Waals surface area contributed by atoms with E-state index in [4.69, 9.17) is 22.6 Å². The van der Waals surface area contributed by atoms with E-state index < -0.39 is 10.0 Å². The molecule has 1 aromatic rings. The third-order valence-corrected chi connectivity index (χ3v) is 4.26. The maximum atomic E-state index is 12.0. The van der Waals surface area contributed by atoms with Crippen LogP contribution < -0.4 is 10.5 Å². The van der Waals surface area contributed by atoms with Gasteiger partial charge in [0.15, 0.2) is 0 Å². The predicted octanol–water partition coefficient (Wildman–Crippen LogP) is 0.590. The second kappa shape index (κ2) is 4.27. The van der Waals surface area contributed by atoms with Crippen molar-refractivity contribution in [1.82, 2.24) is 4.72 Å². The minimum absolute atomic E-state index is 0.0659. The van der Waals surface area contributed by atoms with Crippen molar-refractivity contribution in [2.75, 3.05) is 0 Å². The molecule has 1 aromatic carbocycles. The lowest BCUT2D eigenvalue weighted by Crippen LogP contribution is -2.30. The quantitative estimate of drug-likeness (QED) is 0.841. The van der Waals surface area contributed by atoms with E-state index >= 15 is 0 Å². The van der Waals surface area contributed by atoms with Crippen LogP contribution in [0.3, 0.4) is 0 Å². The maximum absolute atomic E-state index is 12.0. The highest BCUT2D eigenvalue weighted by Crippen LogP contribution is 2.24. The molecule has 5 nitrogen and oxygen atoms in total. The van der Waals surface area contributed by atoms with Gasteiger partial charge in [-0.2, -0.15) is 5.26 Å². The van der Waals surface area contributed by atoms with Gasteiger partial charge in [-0.1, -0.05) is 11.6 Å². The van der Waals surface area contributed by atoms with Crippen molar-refractivity contribution in [3.63, 3.8) is 0 Å². The van der Waals surface area contributed by atoms with E-state index in [-0.39, 0.29) is 27.6 Å². The van der Waals surface area contributed by atoms with Crippen LogP contribution in [0.5, 0.6) is 0 Å². The highest BCUT2D eigenvalue weighted by Gasteiger charge is 2.37. The summed E-state index contributed by atoms with van der Waals surface area (Å²) in [5.41, 5.74) is 5.60. The predicted molar refractivity (Wildman–Crippen MR) is 62.9 cm³/mol. The summed E-state index contributed by atoms with van der Waals surface area (Å²) in [4.78, 5) is -0.105. The van der Waals surface area contributed by atoms with Crippen LogP contribution in [0.4, 0.5) is 0 Å². The van der Waals surface area contributed by atoms with Gasteiger partial charge in [0.2, 0.25) is 10.0 Å². The number of nitrogens with one attached hydrogen (secondary N) is 1. The van der Waals surface area contributed by atoms with Crippen molar-refractivity contribution in [3.05, 3.63) is 28.8 Å². The average Bonchev–Trinajstić information content (AvgIpc) is 2.93. The van der Waals surface area contributed by atoms with E-state index in [0.717, 1.165) is 0 Å². The molecule has 0 spiro atoms. The molecule has 1 saturated carbocycles. The largest absolute Gasteiger partial charge is 0.326 e. The zero-order chi connectivity index (χ0) is 12.6. The Hall–Kier alpha value is -1.13. The third-order valence-electron chi connectivity index (χ3n) is 2.50. The zero-order valence-corrected chi connectivity index (χ0v) is 10.3. The van der Waals surface area contributed by atoms with Crippen LogP contribution in [0.2, 0.25) is 5.02 Å². The number of hydrogen-bond donors (Lipinski definition) is 2. The van der Waals surface area contributed by atoms with Gasteiger partial charge in [-0.25, -0.2) is 13.1 Å². The fourth-order valence-electron chi connectivity index (χ4n) is 1.42. The van der Waals surface area contributed by atoms with Gasteiger partial charge in [-0.3, -0.25) is 0 Å². The number of benzene rings is 1. The number of nitrogens with zero attached hydrogens (tertiary/aromatic N) is 1. The SMILES string of the molecule is N#Cc1ccc(Cl)cc1S(=O)(=O)NC1CC1N. The van der Waals surface area contributed by atoms with Crippen molar-refractivity contribution < 1.29 is 8.42 Å². The van der Waals surface area contributed by atoms with Crippen LogP contribution in [0, 0.1) is 11.3 Å². The van der Waals surface area contributed by atoms with E-state index in [2.05, 4.69) is 4.72 Å². The highest BCUT2D eigenvalue weighted by molar-refractivity contribution is 7.89. The summed E-state index contributed by atoms with van der Waals surface area (Å²) in [6.45, 7) is 0. The summed E-state index contributed by atoms with van der Waals surface area (Å²) < 4.78 is 26.4. The van der Waals surface area contributed by atoms with Gasteiger partial charge in [0, 0.05) is 17.1 Å². The van der Waals surface area contributed by atoms with Crippen molar-refractivity contribution in [2.45, 2.75) is 23.4 Å². The molecule has 0 aliphatic heterocycles. The van der Waals surface area contributed by atoms with Crippen LogP contribution >= 0.6 is 11.6 Å². The maximum Gasteiger partial charge on any atom is 0.242 e. The molecule has 2 rings (SSSR count). The molecule has 1 fully saturated rings. The summed E-state index contributed by atoms with van der Waals surface area (Å²) in [7, 11) is -3.73. The average molecular weight is 272 g/mol. The van der Waals surface area contributed by atoms with Crippen LogP contribution in [0.25, 0.3) is 0 Å². The minimum atomic E-state index is -3.73. The monoisotopic (exact) mass is 271 g/mol. The lowest BCUT2D eigenvalue weighted by atomic mass is 10.2. The molecule has 2 unspecified atom stereocenters. The Labute approximate surface area is 104 Å². The zero-order valence-electron chi connectivity index (χ0n) is 8.72. The third kappa shape index (κ3) is 2.58. The Morgan fingerprint density at radius 3 is 2.71 bits per heavy atom. The Morgan fingerprint density at radius 2 is 2.18 bits per heavy atom.